The number of nitrogens with zero attached hydrogens (tertiary/aromatic N) is 3. The van der Waals surface area contributed by atoms with Crippen LogP contribution in [0.3, 0.4) is 0 Å². The van der Waals surface area contributed by atoms with Crippen molar-refractivity contribution in [2.45, 2.75) is 0 Å². The van der Waals surface area contributed by atoms with E-state index in [1.54, 1.807) is 39.5 Å². The zero-order valence-electron chi connectivity index (χ0n) is 20.2. The molecule has 0 amide bonds. The number of anilines is 1. The second-order valence-electron chi connectivity index (χ2n) is 7.90. The van der Waals surface area contributed by atoms with Gasteiger partial charge < -0.3 is 19.1 Å². The molecule has 0 aliphatic carbocycles. The summed E-state index contributed by atoms with van der Waals surface area (Å²) in [7, 11) is 8.74. The normalized spacial score (nSPS) is 11.0. The fourth-order valence-electron chi connectivity index (χ4n) is 3.68. The first-order chi connectivity index (χ1) is 16.9. The molecule has 0 unspecified atom stereocenters. The lowest BCUT2D eigenvalue weighted by molar-refractivity contribution is 0.355. The third kappa shape index (κ3) is 4.89. The maximum Gasteiger partial charge on any atom is 0.292 e. The van der Waals surface area contributed by atoms with Gasteiger partial charge in [-0.05, 0) is 54.1 Å². The van der Waals surface area contributed by atoms with E-state index >= 15 is 0 Å². The Morgan fingerprint density at radius 3 is 2.03 bits per heavy atom. The van der Waals surface area contributed by atoms with Gasteiger partial charge in [0.25, 0.3) is 5.56 Å². The van der Waals surface area contributed by atoms with E-state index in [0.717, 1.165) is 16.8 Å². The lowest BCUT2D eigenvalue weighted by atomic mass is 10.0. The predicted octanol–water partition coefficient (Wildman–Crippen LogP) is 5.54. The predicted molar refractivity (Wildman–Crippen MR) is 137 cm³/mol. The number of H-pyrrole nitrogens is 2. The Labute approximate surface area is 203 Å². The molecule has 0 spiro atoms. The van der Waals surface area contributed by atoms with Gasteiger partial charge in [-0.2, -0.15) is 5.11 Å². The number of nitrogens with one attached hydrogen (secondary N) is 2. The summed E-state index contributed by atoms with van der Waals surface area (Å²) >= 11 is 0. The van der Waals surface area contributed by atoms with Crippen LogP contribution >= 0.6 is 0 Å². The van der Waals surface area contributed by atoms with Gasteiger partial charge >= 0.3 is 0 Å². The lowest BCUT2D eigenvalue weighted by Gasteiger charge is -2.14. The van der Waals surface area contributed by atoms with Crippen molar-refractivity contribution in [3.8, 4) is 39.6 Å². The summed E-state index contributed by atoms with van der Waals surface area (Å²) < 4.78 is 16.2. The highest BCUT2D eigenvalue weighted by atomic mass is 16.5. The number of hydrogen-bond donors (Lipinski definition) is 2. The molecule has 0 radical (unpaired) electrons. The van der Waals surface area contributed by atoms with Crippen molar-refractivity contribution < 1.29 is 14.2 Å². The number of benzene rings is 3. The number of azo groups is 1. The summed E-state index contributed by atoms with van der Waals surface area (Å²) in [5.74, 6) is 1.84. The summed E-state index contributed by atoms with van der Waals surface area (Å²) in [5.41, 5.74) is 4.50. The maximum absolute atomic E-state index is 12.5. The Bertz CT molecular complexity index is 1400. The first-order valence-corrected chi connectivity index (χ1v) is 10.9. The molecule has 4 rings (SSSR count). The van der Waals surface area contributed by atoms with Gasteiger partial charge in [-0.1, -0.05) is 12.1 Å². The smallest absolute Gasteiger partial charge is 0.292 e. The van der Waals surface area contributed by atoms with Crippen LogP contribution < -0.4 is 24.7 Å². The number of aromatic amines is 2. The van der Waals surface area contributed by atoms with Crippen LogP contribution in [0.1, 0.15) is 0 Å². The summed E-state index contributed by atoms with van der Waals surface area (Å²) in [6, 6.07) is 19.0. The fraction of sp³-hybridized carbons (Fsp3) is 0.192. The Hall–Kier alpha value is -4.53. The monoisotopic (exact) mass is 473 g/mol. The summed E-state index contributed by atoms with van der Waals surface area (Å²) in [6.07, 6.45) is 0. The van der Waals surface area contributed by atoms with E-state index in [-0.39, 0.29) is 11.2 Å². The van der Waals surface area contributed by atoms with Crippen LogP contribution in [0.5, 0.6) is 17.2 Å². The lowest BCUT2D eigenvalue weighted by Crippen LogP contribution is -2.07. The Morgan fingerprint density at radius 1 is 0.714 bits per heavy atom. The topological polar surface area (TPSA) is 104 Å². The summed E-state index contributed by atoms with van der Waals surface area (Å²) in [4.78, 5) is 14.5. The number of methoxy groups -OCH3 is 3. The van der Waals surface area contributed by atoms with E-state index < -0.39 is 0 Å². The minimum Gasteiger partial charge on any atom is -0.496 e. The molecular formula is C26H27N5O4. The van der Waals surface area contributed by atoms with Gasteiger partial charge in [-0.25, -0.2) is 0 Å². The minimum absolute atomic E-state index is 0.157. The molecule has 0 saturated carbocycles. The van der Waals surface area contributed by atoms with Gasteiger partial charge in [0.05, 0.1) is 32.7 Å². The molecule has 9 nitrogen and oxygen atoms in total. The molecule has 180 valence electrons. The van der Waals surface area contributed by atoms with Crippen molar-refractivity contribution >= 4 is 17.1 Å². The minimum atomic E-state index is -0.383. The van der Waals surface area contributed by atoms with E-state index in [2.05, 4.69) is 20.4 Å². The SMILES string of the molecule is COc1ccc(-c2[nH][nH]c(=O)c2N=Nc2ccc(OC)c(-c3ccc(N(C)C)cc3)c2)cc1OC. The standard InChI is InChI=1S/C26H27N5O4/c1-31(2)19-10-6-16(7-11-19)20-15-18(9-13-21(20)33-3)27-29-25-24(28-30-26(25)32)17-8-12-22(34-4)23(14-17)35-5/h6-15H,1-5H3,(H2,28,30,32). The molecular weight excluding hydrogens is 446 g/mol. The third-order valence-corrected chi connectivity index (χ3v) is 5.57. The van der Waals surface area contributed by atoms with Crippen LogP contribution in [0.15, 0.2) is 75.7 Å². The molecule has 0 atom stereocenters. The Kier molecular flexibility index (Phi) is 6.86. The molecule has 4 aromatic rings. The van der Waals surface area contributed by atoms with Gasteiger partial charge in [0.1, 0.15) is 5.75 Å². The first kappa shape index (κ1) is 23.6. The van der Waals surface area contributed by atoms with E-state index in [0.29, 0.717) is 34.2 Å². The molecule has 0 bridgehead atoms. The number of rotatable bonds is 8. The van der Waals surface area contributed by atoms with Gasteiger partial charge in [-0.3, -0.25) is 15.0 Å². The van der Waals surface area contributed by atoms with Crippen molar-refractivity contribution in [1.82, 2.24) is 10.2 Å². The highest BCUT2D eigenvalue weighted by molar-refractivity contribution is 5.76. The molecule has 3 aromatic carbocycles. The van der Waals surface area contributed by atoms with Gasteiger partial charge in [0.2, 0.25) is 0 Å². The van der Waals surface area contributed by atoms with Crippen molar-refractivity contribution in [3.63, 3.8) is 0 Å². The number of hydrogen-bond acceptors (Lipinski definition) is 7. The largest absolute Gasteiger partial charge is 0.496 e. The highest BCUT2D eigenvalue weighted by Crippen LogP contribution is 2.36. The van der Waals surface area contributed by atoms with Crippen molar-refractivity contribution in [2.24, 2.45) is 10.2 Å². The molecule has 0 aliphatic heterocycles. The van der Waals surface area contributed by atoms with Crippen LogP contribution in [0.2, 0.25) is 0 Å². The molecule has 0 fully saturated rings. The summed E-state index contributed by atoms with van der Waals surface area (Å²) in [6.45, 7) is 0. The Morgan fingerprint density at radius 2 is 1.37 bits per heavy atom. The zero-order valence-corrected chi connectivity index (χ0v) is 20.2. The highest BCUT2D eigenvalue weighted by Gasteiger charge is 2.15. The number of ether oxygens (including phenoxy) is 3. The third-order valence-electron chi connectivity index (χ3n) is 5.57. The second-order valence-corrected chi connectivity index (χ2v) is 7.90. The molecule has 1 heterocycles. The van der Waals surface area contributed by atoms with Crippen molar-refractivity contribution in [1.29, 1.82) is 0 Å². The maximum atomic E-state index is 12.5. The molecule has 2 N–H and O–H groups in total. The average Bonchev–Trinajstić information content (AvgIpc) is 3.26. The molecule has 9 heteroatoms. The van der Waals surface area contributed by atoms with Crippen LogP contribution in [-0.4, -0.2) is 45.6 Å². The fourth-order valence-corrected chi connectivity index (χ4v) is 3.68. The van der Waals surface area contributed by atoms with Crippen LogP contribution in [0.4, 0.5) is 17.1 Å². The quantitative estimate of drug-likeness (QED) is 0.327. The van der Waals surface area contributed by atoms with Gasteiger partial charge in [0, 0.05) is 30.9 Å². The van der Waals surface area contributed by atoms with Crippen LogP contribution in [-0.2, 0) is 0 Å². The van der Waals surface area contributed by atoms with Gasteiger partial charge in [-0.15, -0.1) is 5.11 Å². The Balaban J connectivity index is 1.69. The zero-order chi connectivity index (χ0) is 24.9. The average molecular weight is 474 g/mol. The van der Waals surface area contributed by atoms with Gasteiger partial charge in [0.15, 0.2) is 17.2 Å². The molecule has 0 aliphatic rings. The van der Waals surface area contributed by atoms with E-state index in [1.807, 2.05) is 61.5 Å². The second kappa shape index (κ2) is 10.2. The summed E-state index contributed by atoms with van der Waals surface area (Å²) in [5, 5.41) is 14.1. The number of aromatic nitrogens is 2. The van der Waals surface area contributed by atoms with Crippen molar-refractivity contribution in [2.75, 3.05) is 40.3 Å². The van der Waals surface area contributed by atoms with Crippen LogP contribution in [0, 0.1) is 0 Å². The molecule has 35 heavy (non-hydrogen) atoms. The van der Waals surface area contributed by atoms with E-state index in [9.17, 15) is 4.79 Å². The molecule has 0 saturated heterocycles. The van der Waals surface area contributed by atoms with E-state index in [4.69, 9.17) is 14.2 Å². The van der Waals surface area contributed by atoms with Crippen LogP contribution in [0.25, 0.3) is 22.4 Å². The molecule has 1 aromatic heterocycles. The van der Waals surface area contributed by atoms with E-state index in [1.165, 1.54) is 0 Å². The first-order valence-electron chi connectivity index (χ1n) is 10.9. The van der Waals surface area contributed by atoms with Crippen molar-refractivity contribution in [3.05, 3.63) is 71.0 Å².